The minimum Gasteiger partial charge on any atom is -0.331 e. The fourth-order valence-electron chi connectivity index (χ4n) is 2.09. The number of hydrogen-bond acceptors (Lipinski definition) is 3. The fraction of sp³-hybridized carbons (Fsp3) is 0.250. The van der Waals surface area contributed by atoms with Gasteiger partial charge in [0.15, 0.2) is 10.6 Å². The summed E-state index contributed by atoms with van der Waals surface area (Å²) in [5, 5.41) is 8.75. The van der Waals surface area contributed by atoms with Gasteiger partial charge in [0.05, 0.1) is 17.6 Å². The van der Waals surface area contributed by atoms with Crippen LogP contribution in [-0.4, -0.2) is 24.3 Å². The molecule has 0 radical (unpaired) electrons. The molecule has 0 amide bonds. The first-order chi connectivity index (χ1) is 9.19. The van der Waals surface area contributed by atoms with Gasteiger partial charge in [0, 0.05) is 11.6 Å². The topological polar surface area (TPSA) is 51.4 Å². The Bertz CT molecular complexity index is 785. The van der Waals surface area contributed by atoms with Crippen LogP contribution in [-0.2, 0) is 13.1 Å². The number of imidazole rings is 1. The molecule has 0 fully saturated rings. The van der Waals surface area contributed by atoms with E-state index in [4.69, 9.17) is 23.8 Å². The van der Waals surface area contributed by atoms with E-state index in [1.807, 2.05) is 27.3 Å². The van der Waals surface area contributed by atoms with E-state index >= 15 is 0 Å². The molecule has 19 heavy (non-hydrogen) atoms. The maximum atomic E-state index is 6.05. The summed E-state index contributed by atoms with van der Waals surface area (Å²) in [6.07, 6.45) is 1.72. The first-order valence-corrected chi connectivity index (χ1v) is 6.72. The van der Waals surface area contributed by atoms with Crippen molar-refractivity contribution in [2.45, 2.75) is 20.0 Å². The Balaban J connectivity index is 2.12. The zero-order chi connectivity index (χ0) is 13.4. The Kier molecular flexibility index (Phi) is 3.12. The number of hydrogen-bond donors (Lipinski definition) is 1. The number of H-pyrrole nitrogens is 1. The molecule has 0 aliphatic carbocycles. The molecule has 1 N–H and O–H groups in total. The highest BCUT2D eigenvalue weighted by atomic mass is 35.5. The predicted octanol–water partition coefficient (Wildman–Crippen LogP) is 3.01. The van der Waals surface area contributed by atoms with Crippen LogP contribution < -0.4 is 0 Å². The SMILES string of the molecule is CCn1cnnc1Cn1c(=S)[nH]c2ccc(Cl)cc21. The molecule has 1 aromatic carbocycles. The molecule has 5 nitrogen and oxygen atoms in total. The van der Waals surface area contributed by atoms with Crippen molar-refractivity contribution in [2.24, 2.45) is 0 Å². The summed E-state index contributed by atoms with van der Waals surface area (Å²) in [4.78, 5) is 3.17. The molecule has 0 aliphatic heterocycles. The third-order valence-electron chi connectivity index (χ3n) is 3.07. The van der Waals surface area contributed by atoms with Gasteiger partial charge >= 0.3 is 0 Å². The summed E-state index contributed by atoms with van der Waals surface area (Å²) in [6.45, 7) is 3.46. The summed E-state index contributed by atoms with van der Waals surface area (Å²) in [6, 6.07) is 5.67. The van der Waals surface area contributed by atoms with Crippen molar-refractivity contribution in [1.82, 2.24) is 24.3 Å². The molecular weight excluding hydrogens is 282 g/mol. The molecule has 2 heterocycles. The van der Waals surface area contributed by atoms with Gasteiger partial charge in [-0.05, 0) is 37.3 Å². The first kappa shape index (κ1) is 12.4. The number of aromatic amines is 1. The van der Waals surface area contributed by atoms with Crippen molar-refractivity contribution >= 4 is 34.9 Å². The minimum atomic E-state index is 0.576. The molecular formula is C12H12ClN5S. The van der Waals surface area contributed by atoms with E-state index in [0.29, 0.717) is 16.3 Å². The van der Waals surface area contributed by atoms with E-state index in [1.165, 1.54) is 0 Å². The summed E-state index contributed by atoms with van der Waals surface area (Å²) in [5.41, 5.74) is 1.94. The first-order valence-electron chi connectivity index (χ1n) is 5.94. The van der Waals surface area contributed by atoms with Crippen LogP contribution in [0.2, 0.25) is 5.02 Å². The van der Waals surface area contributed by atoms with Gasteiger partial charge in [0.1, 0.15) is 6.33 Å². The van der Waals surface area contributed by atoms with E-state index < -0.39 is 0 Å². The number of nitrogens with one attached hydrogen (secondary N) is 1. The molecule has 0 spiro atoms. The summed E-state index contributed by atoms with van der Waals surface area (Å²) in [5.74, 6) is 0.875. The maximum absolute atomic E-state index is 6.05. The number of halogens is 1. The molecule has 7 heteroatoms. The van der Waals surface area contributed by atoms with E-state index in [2.05, 4.69) is 22.1 Å². The molecule has 3 rings (SSSR count). The standard InChI is InChI=1S/C12H12ClN5S/c1-2-17-7-14-16-11(17)6-18-10-5-8(13)3-4-9(10)15-12(18)19/h3-5,7H,2,6H2,1H3,(H,15,19). The molecule has 0 aliphatic rings. The van der Waals surface area contributed by atoms with Gasteiger partial charge in [-0.15, -0.1) is 10.2 Å². The van der Waals surface area contributed by atoms with Gasteiger partial charge in [0.2, 0.25) is 0 Å². The number of fused-ring (bicyclic) bond motifs is 1. The average Bonchev–Trinajstić information content (AvgIpc) is 2.96. The molecule has 0 atom stereocenters. The van der Waals surface area contributed by atoms with Crippen molar-refractivity contribution in [2.75, 3.05) is 0 Å². The number of aromatic nitrogens is 5. The molecule has 98 valence electrons. The van der Waals surface area contributed by atoms with E-state index in [9.17, 15) is 0 Å². The van der Waals surface area contributed by atoms with E-state index in [1.54, 1.807) is 6.33 Å². The lowest BCUT2D eigenvalue weighted by Gasteiger charge is -2.05. The van der Waals surface area contributed by atoms with Crippen LogP contribution in [0.1, 0.15) is 12.7 Å². The van der Waals surface area contributed by atoms with Crippen molar-refractivity contribution in [1.29, 1.82) is 0 Å². The Morgan fingerprint density at radius 3 is 3.05 bits per heavy atom. The Morgan fingerprint density at radius 2 is 2.26 bits per heavy atom. The highest BCUT2D eigenvalue weighted by Gasteiger charge is 2.09. The smallest absolute Gasteiger partial charge is 0.178 e. The third-order valence-corrected chi connectivity index (χ3v) is 3.63. The van der Waals surface area contributed by atoms with E-state index in [-0.39, 0.29) is 0 Å². The normalized spacial score (nSPS) is 11.3. The number of rotatable bonds is 3. The molecule has 0 saturated carbocycles. The van der Waals surface area contributed by atoms with Crippen LogP contribution in [0.5, 0.6) is 0 Å². The van der Waals surface area contributed by atoms with Crippen LogP contribution in [0.15, 0.2) is 24.5 Å². The molecule has 0 unspecified atom stereocenters. The molecule has 0 bridgehead atoms. The van der Waals surface area contributed by atoms with Crippen LogP contribution in [0, 0.1) is 4.77 Å². The lowest BCUT2D eigenvalue weighted by Crippen LogP contribution is -2.07. The largest absolute Gasteiger partial charge is 0.331 e. The number of aryl methyl sites for hydroxylation is 1. The van der Waals surface area contributed by atoms with E-state index in [0.717, 1.165) is 23.4 Å². The van der Waals surface area contributed by atoms with Crippen LogP contribution in [0.3, 0.4) is 0 Å². The second-order valence-corrected chi connectivity index (χ2v) is 5.03. The van der Waals surface area contributed by atoms with Crippen LogP contribution >= 0.6 is 23.8 Å². The second kappa shape index (κ2) is 4.79. The fourth-order valence-corrected chi connectivity index (χ4v) is 2.53. The highest BCUT2D eigenvalue weighted by Crippen LogP contribution is 2.20. The number of nitrogens with zero attached hydrogens (tertiary/aromatic N) is 4. The van der Waals surface area contributed by atoms with Crippen molar-refractivity contribution < 1.29 is 0 Å². The Morgan fingerprint density at radius 1 is 1.42 bits per heavy atom. The average molecular weight is 294 g/mol. The molecule has 2 aromatic heterocycles. The van der Waals surface area contributed by atoms with Gasteiger partial charge in [-0.2, -0.15) is 0 Å². The third kappa shape index (κ3) is 2.17. The van der Waals surface area contributed by atoms with Crippen molar-refractivity contribution in [3.63, 3.8) is 0 Å². The Labute approximate surface area is 119 Å². The van der Waals surface area contributed by atoms with Crippen molar-refractivity contribution in [3.8, 4) is 0 Å². The van der Waals surface area contributed by atoms with Crippen LogP contribution in [0.25, 0.3) is 11.0 Å². The summed E-state index contributed by atoms with van der Waals surface area (Å²) < 4.78 is 4.63. The predicted molar refractivity (Wildman–Crippen MR) is 76.9 cm³/mol. The zero-order valence-corrected chi connectivity index (χ0v) is 11.9. The summed E-state index contributed by atoms with van der Waals surface area (Å²) in [7, 11) is 0. The highest BCUT2D eigenvalue weighted by molar-refractivity contribution is 7.71. The van der Waals surface area contributed by atoms with Gasteiger partial charge in [-0.3, -0.25) is 0 Å². The second-order valence-electron chi connectivity index (χ2n) is 4.21. The van der Waals surface area contributed by atoms with Crippen LogP contribution in [0.4, 0.5) is 0 Å². The minimum absolute atomic E-state index is 0.576. The van der Waals surface area contributed by atoms with Gasteiger partial charge in [-0.1, -0.05) is 11.6 Å². The van der Waals surface area contributed by atoms with Crippen molar-refractivity contribution in [3.05, 3.63) is 40.1 Å². The number of benzene rings is 1. The quantitative estimate of drug-likeness (QED) is 0.755. The van der Waals surface area contributed by atoms with Gasteiger partial charge in [-0.25, -0.2) is 0 Å². The zero-order valence-electron chi connectivity index (χ0n) is 10.3. The molecule has 3 aromatic rings. The maximum Gasteiger partial charge on any atom is 0.178 e. The lowest BCUT2D eigenvalue weighted by molar-refractivity contribution is 0.655. The van der Waals surface area contributed by atoms with Gasteiger partial charge < -0.3 is 14.1 Å². The lowest BCUT2D eigenvalue weighted by atomic mass is 10.3. The monoisotopic (exact) mass is 293 g/mol. The molecule has 0 saturated heterocycles. The summed E-state index contributed by atoms with van der Waals surface area (Å²) >= 11 is 11.4. The van der Waals surface area contributed by atoms with Gasteiger partial charge in [0.25, 0.3) is 0 Å². The Hall–Kier alpha value is -1.66.